The molecule has 124 valence electrons. The summed E-state index contributed by atoms with van der Waals surface area (Å²) < 4.78 is 0. The molecule has 2 heterocycles. The van der Waals surface area contributed by atoms with Crippen molar-refractivity contribution in [2.75, 3.05) is 24.5 Å². The lowest BCUT2D eigenvalue weighted by atomic mass is 9.98. The van der Waals surface area contributed by atoms with Crippen LogP contribution in [0.25, 0.3) is 0 Å². The molecule has 1 unspecified atom stereocenters. The van der Waals surface area contributed by atoms with Gasteiger partial charge in [0.15, 0.2) is 0 Å². The summed E-state index contributed by atoms with van der Waals surface area (Å²) in [6, 6.07) is 10.6. The number of rotatable bonds is 3. The lowest BCUT2D eigenvalue weighted by molar-refractivity contribution is -0.126. The Morgan fingerprint density at radius 3 is 2.83 bits per heavy atom. The normalized spacial score (nSPS) is 25.4. The Labute approximate surface area is 137 Å². The minimum absolute atomic E-state index is 0.0407. The monoisotopic (exact) mass is 315 g/mol. The minimum atomic E-state index is -0.0407. The Morgan fingerprint density at radius 2 is 2.00 bits per heavy atom. The van der Waals surface area contributed by atoms with Crippen molar-refractivity contribution in [3.63, 3.8) is 0 Å². The number of hydrogen-bond donors (Lipinski definition) is 2. The Bertz CT molecular complexity index is 546. The Morgan fingerprint density at radius 1 is 1.17 bits per heavy atom. The van der Waals surface area contributed by atoms with Gasteiger partial charge in [0.2, 0.25) is 11.8 Å². The number of hydrogen-bond acceptors (Lipinski definition) is 3. The number of benzene rings is 1. The van der Waals surface area contributed by atoms with E-state index in [9.17, 15) is 9.59 Å². The summed E-state index contributed by atoms with van der Waals surface area (Å²) in [5.41, 5.74) is 1.22. The number of amides is 2. The number of carbonyl (C=O) groups is 2. The first kappa shape index (κ1) is 15.8. The van der Waals surface area contributed by atoms with Crippen LogP contribution in [0.5, 0.6) is 0 Å². The Kier molecular flexibility index (Phi) is 5.16. The highest BCUT2D eigenvalue weighted by atomic mass is 16.2. The largest absolute Gasteiger partial charge is 0.369 e. The maximum absolute atomic E-state index is 12.5. The lowest BCUT2D eigenvalue weighted by Crippen LogP contribution is -2.49. The molecule has 23 heavy (non-hydrogen) atoms. The summed E-state index contributed by atoms with van der Waals surface area (Å²) in [5.74, 6) is 0.135. The van der Waals surface area contributed by atoms with Crippen molar-refractivity contribution < 1.29 is 9.59 Å². The quantitative estimate of drug-likeness (QED) is 0.892. The number of para-hydroxylation sites is 1. The third-order valence-electron chi connectivity index (χ3n) is 4.79. The lowest BCUT2D eigenvalue weighted by Gasteiger charge is -2.35. The van der Waals surface area contributed by atoms with Gasteiger partial charge in [-0.05, 0) is 37.8 Å². The molecule has 0 radical (unpaired) electrons. The van der Waals surface area contributed by atoms with Crippen LogP contribution in [0.4, 0.5) is 5.69 Å². The zero-order chi connectivity index (χ0) is 16.1. The molecule has 0 spiro atoms. The van der Waals surface area contributed by atoms with E-state index in [1.807, 2.05) is 18.2 Å². The Balaban J connectivity index is 1.55. The predicted molar refractivity (Wildman–Crippen MR) is 90.2 cm³/mol. The predicted octanol–water partition coefficient (Wildman–Crippen LogP) is 1.69. The Hall–Kier alpha value is -2.04. The molecule has 2 saturated heterocycles. The molecule has 0 saturated carbocycles. The van der Waals surface area contributed by atoms with Gasteiger partial charge < -0.3 is 15.5 Å². The molecular formula is C18H25N3O2. The second-order valence-corrected chi connectivity index (χ2v) is 6.50. The smallest absolute Gasteiger partial charge is 0.223 e. The van der Waals surface area contributed by atoms with Crippen molar-refractivity contribution in [2.24, 2.45) is 5.92 Å². The van der Waals surface area contributed by atoms with Gasteiger partial charge in [0.05, 0.1) is 0 Å². The molecule has 2 aliphatic heterocycles. The van der Waals surface area contributed by atoms with E-state index in [4.69, 9.17) is 0 Å². The van der Waals surface area contributed by atoms with E-state index in [0.29, 0.717) is 19.4 Å². The summed E-state index contributed by atoms with van der Waals surface area (Å²) in [7, 11) is 0. The van der Waals surface area contributed by atoms with Gasteiger partial charge in [-0.25, -0.2) is 0 Å². The molecule has 2 atom stereocenters. The van der Waals surface area contributed by atoms with Crippen molar-refractivity contribution in [3.8, 4) is 0 Å². The van der Waals surface area contributed by atoms with Crippen LogP contribution in [0, 0.1) is 5.92 Å². The van der Waals surface area contributed by atoms with E-state index in [2.05, 4.69) is 27.7 Å². The van der Waals surface area contributed by atoms with Gasteiger partial charge in [0.25, 0.3) is 0 Å². The van der Waals surface area contributed by atoms with Crippen LogP contribution in [-0.2, 0) is 9.59 Å². The standard InChI is InChI=1S/C18H25N3O2/c22-17-9-8-14(10-11-19-17)18(23)20-15-5-4-12-21(13-15)16-6-2-1-3-7-16/h1-3,6-7,14-15H,4-5,8-13H2,(H,19,22)(H,20,23)/t14?,15-/m0/s1. The molecular weight excluding hydrogens is 290 g/mol. The van der Waals surface area contributed by atoms with Crippen molar-refractivity contribution in [1.82, 2.24) is 10.6 Å². The van der Waals surface area contributed by atoms with Crippen molar-refractivity contribution >= 4 is 17.5 Å². The zero-order valence-corrected chi connectivity index (χ0v) is 13.5. The van der Waals surface area contributed by atoms with Crippen molar-refractivity contribution in [3.05, 3.63) is 30.3 Å². The fourth-order valence-electron chi connectivity index (χ4n) is 3.47. The van der Waals surface area contributed by atoms with Gasteiger partial charge >= 0.3 is 0 Å². The molecule has 0 aliphatic carbocycles. The van der Waals surface area contributed by atoms with Gasteiger partial charge in [-0.3, -0.25) is 9.59 Å². The number of nitrogens with zero attached hydrogens (tertiary/aromatic N) is 1. The van der Waals surface area contributed by atoms with Gasteiger partial charge in [-0.2, -0.15) is 0 Å². The first-order valence-corrected chi connectivity index (χ1v) is 8.59. The van der Waals surface area contributed by atoms with Gasteiger partial charge in [0, 0.05) is 43.7 Å². The summed E-state index contributed by atoms with van der Waals surface area (Å²) in [6.45, 7) is 2.51. The summed E-state index contributed by atoms with van der Waals surface area (Å²) in [4.78, 5) is 26.2. The van der Waals surface area contributed by atoms with Crippen LogP contribution in [0.15, 0.2) is 30.3 Å². The number of carbonyl (C=O) groups excluding carboxylic acids is 2. The average Bonchev–Trinajstić information content (AvgIpc) is 2.81. The van der Waals surface area contributed by atoms with Gasteiger partial charge in [0.1, 0.15) is 0 Å². The molecule has 2 amide bonds. The highest BCUT2D eigenvalue weighted by molar-refractivity contribution is 5.81. The van der Waals surface area contributed by atoms with Crippen LogP contribution in [0.2, 0.25) is 0 Å². The second-order valence-electron chi connectivity index (χ2n) is 6.50. The molecule has 0 bridgehead atoms. The van der Waals surface area contributed by atoms with Crippen LogP contribution in [-0.4, -0.2) is 37.5 Å². The van der Waals surface area contributed by atoms with Gasteiger partial charge in [-0.15, -0.1) is 0 Å². The molecule has 1 aromatic rings. The highest BCUT2D eigenvalue weighted by Gasteiger charge is 2.27. The number of piperidine rings is 1. The van der Waals surface area contributed by atoms with Crippen LogP contribution >= 0.6 is 0 Å². The van der Waals surface area contributed by atoms with E-state index in [-0.39, 0.29) is 23.8 Å². The third kappa shape index (κ3) is 4.24. The van der Waals surface area contributed by atoms with E-state index < -0.39 is 0 Å². The maximum Gasteiger partial charge on any atom is 0.223 e. The average molecular weight is 315 g/mol. The molecule has 5 nitrogen and oxygen atoms in total. The topological polar surface area (TPSA) is 61.4 Å². The molecule has 2 fully saturated rings. The summed E-state index contributed by atoms with van der Waals surface area (Å²) >= 11 is 0. The molecule has 1 aromatic carbocycles. The zero-order valence-electron chi connectivity index (χ0n) is 13.5. The second kappa shape index (κ2) is 7.49. The fourth-order valence-corrected chi connectivity index (χ4v) is 3.47. The minimum Gasteiger partial charge on any atom is -0.369 e. The fraction of sp³-hybridized carbons (Fsp3) is 0.556. The van der Waals surface area contributed by atoms with Crippen molar-refractivity contribution in [2.45, 2.75) is 38.1 Å². The molecule has 2 aliphatic rings. The SMILES string of the molecule is O=C1CCC(C(=O)N[C@H]2CCCN(c3ccccc3)C2)CCN1. The van der Waals surface area contributed by atoms with Crippen LogP contribution < -0.4 is 15.5 Å². The van der Waals surface area contributed by atoms with Crippen LogP contribution in [0.1, 0.15) is 32.1 Å². The van der Waals surface area contributed by atoms with E-state index in [1.165, 1.54) is 5.69 Å². The number of anilines is 1. The van der Waals surface area contributed by atoms with Crippen LogP contribution in [0.3, 0.4) is 0 Å². The van der Waals surface area contributed by atoms with E-state index in [1.54, 1.807) is 0 Å². The number of nitrogens with one attached hydrogen (secondary N) is 2. The molecule has 2 N–H and O–H groups in total. The first-order chi connectivity index (χ1) is 11.2. The molecule has 5 heteroatoms. The highest BCUT2D eigenvalue weighted by Crippen LogP contribution is 2.20. The third-order valence-corrected chi connectivity index (χ3v) is 4.79. The van der Waals surface area contributed by atoms with Gasteiger partial charge in [-0.1, -0.05) is 18.2 Å². The van der Waals surface area contributed by atoms with E-state index >= 15 is 0 Å². The maximum atomic E-state index is 12.5. The molecule has 3 rings (SSSR count). The van der Waals surface area contributed by atoms with Crippen molar-refractivity contribution in [1.29, 1.82) is 0 Å². The van der Waals surface area contributed by atoms with E-state index in [0.717, 1.165) is 32.4 Å². The molecule has 0 aromatic heterocycles. The summed E-state index contributed by atoms with van der Waals surface area (Å²) in [6.07, 6.45) is 3.97. The summed E-state index contributed by atoms with van der Waals surface area (Å²) in [5, 5.41) is 6.05. The first-order valence-electron chi connectivity index (χ1n) is 8.59.